The van der Waals surface area contributed by atoms with Crippen molar-refractivity contribution in [1.29, 1.82) is 0 Å². The molecule has 0 saturated heterocycles. The van der Waals surface area contributed by atoms with Crippen molar-refractivity contribution in [2.75, 3.05) is 11.1 Å². The third-order valence-electron chi connectivity index (χ3n) is 5.38. The number of thioether (sulfide) groups is 1. The van der Waals surface area contributed by atoms with Crippen molar-refractivity contribution in [2.24, 2.45) is 0 Å². The fourth-order valence-electron chi connectivity index (χ4n) is 3.43. The molecule has 0 fully saturated rings. The molecule has 0 bridgehead atoms. The van der Waals surface area contributed by atoms with E-state index >= 15 is 0 Å². The van der Waals surface area contributed by atoms with Gasteiger partial charge < -0.3 is 5.32 Å². The minimum Gasteiger partial charge on any atom is -0.325 e. The molecule has 32 heavy (non-hydrogen) atoms. The van der Waals surface area contributed by atoms with E-state index < -0.39 is 0 Å². The molecule has 0 aliphatic carbocycles. The van der Waals surface area contributed by atoms with Crippen molar-refractivity contribution in [1.82, 2.24) is 14.8 Å². The van der Waals surface area contributed by atoms with Crippen LogP contribution in [0.1, 0.15) is 37.3 Å². The molecule has 7 heteroatoms. The number of anilines is 1. The van der Waals surface area contributed by atoms with E-state index in [9.17, 15) is 4.79 Å². The number of aryl methyl sites for hydroxylation is 1. The summed E-state index contributed by atoms with van der Waals surface area (Å²) in [5.41, 5.74) is 4.21. The molecule has 5 nitrogen and oxygen atoms in total. The second kappa shape index (κ2) is 10.1. The van der Waals surface area contributed by atoms with Crippen LogP contribution in [0.3, 0.4) is 0 Å². The third kappa shape index (κ3) is 4.95. The topological polar surface area (TPSA) is 59.8 Å². The molecule has 0 aliphatic heterocycles. The van der Waals surface area contributed by atoms with Crippen LogP contribution in [0.15, 0.2) is 71.2 Å². The van der Waals surface area contributed by atoms with Gasteiger partial charge in [0, 0.05) is 11.4 Å². The summed E-state index contributed by atoms with van der Waals surface area (Å²) in [6.45, 7) is 6.39. The Balaban J connectivity index is 1.55. The van der Waals surface area contributed by atoms with Gasteiger partial charge in [-0.3, -0.25) is 9.36 Å². The standard InChI is InChI=1S/C25H26N4OS2/c1-4-18(3)20-8-5-6-9-21(20)26-23(30)16-32-25-28-27-24(22-10-7-15-31-22)29(25)19-13-11-17(2)12-14-19/h5-15,18H,4,16H2,1-3H3,(H,26,30)/t18-/m1/s1. The summed E-state index contributed by atoms with van der Waals surface area (Å²) in [6.07, 6.45) is 1.02. The molecular weight excluding hydrogens is 436 g/mol. The predicted molar refractivity (Wildman–Crippen MR) is 134 cm³/mol. The van der Waals surface area contributed by atoms with Crippen molar-refractivity contribution in [3.05, 3.63) is 77.2 Å². The molecule has 0 saturated carbocycles. The normalized spacial score (nSPS) is 12.0. The van der Waals surface area contributed by atoms with Gasteiger partial charge in [0.1, 0.15) is 0 Å². The lowest BCUT2D eigenvalue weighted by Crippen LogP contribution is -2.16. The van der Waals surface area contributed by atoms with E-state index in [2.05, 4.69) is 66.6 Å². The minimum absolute atomic E-state index is 0.0538. The lowest BCUT2D eigenvalue weighted by atomic mass is 9.97. The second-order valence-corrected chi connectivity index (χ2v) is 9.58. The van der Waals surface area contributed by atoms with Crippen molar-refractivity contribution in [2.45, 2.75) is 38.3 Å². The minimum atomic E-state index is -0.0538. The number of thiophene rings is 1. The number of hydrogen-bond donors (Lipinski definition) is 1. The molecule has 2 heterocycles. The number of carbonyl (C=O) groups is 1. The number of aromatic nitrogens is 3. The van der Waals surface area contributed by atoms with Gasteiger partial charge >= 0.3 is 0 Å². The maximum absolute atomic E-state index is 12.8. The van der Waals surface area contributed by atoms with E-state index in [4.69, 9.17) is 0 Å². The van der Waals surface area contributed by atoms with Gasteiger partial charge in [0.25, 0.3) is 0 Å². The summed E-state index contributed by atoms with van der Waals surface area (Å²) in [5, 5.41) is 14.7. The van der Waals surface area contributed by atoms with E-state index in [0.29, 0.717) is 11.1 Å². The van der Waals surface area contributed by atoms with Crippen LogP contribution in [0, 0.1) is 6.92 Å². The lowest BCUT2D eigenvalue weighted by molar-refractivity contribution is -0.113. The zero-order valence-electron chi connectivity index (χ0n) is 18.4. The summed E-state index contributed by atoms with van der Waals surface area (Å²) in [7, 11) is 0. The Bertz CT molecular complexity index is 1180. The fraction of sp³-hybridized carbons (Fsp3) is 0.240. The first-order chi connectivity index (χ1) is 15.6. The first-order valence-corrected chi connectivity index (χ1v) is 12.5. The maximum atomic E-state index is 12.8. The average molecular weight is 463 g/mol. The largest absolute Gasteiger partial charge is 0.325 e. The Morgan fingerprint density at radius 3 is 2.59 bits per heavy atom. The predicted octanol–water partition coefficient (Wildman–Crippen LogP) is 6.55. The molecular formula is C25H26N4OS2. The van der Waals surface area contributed by atoms with E-state index in [1.165, 1.54) is 17.3 Å². The molecule has 1 atom stereocenters. The van der Waals surface area contributed by atoms with Crippen molar-refractivity contribution >= 4 is 34.7 Å². The molecule has 0 radical (unpaired) electrons. The van der Waals surface area contributed by atoms with Crippen molar-refractivity contribution in [3.8, 4) is 16.4 Å². The monoisotopic (exact) mass is 462 g/mol. The number of nitrogens with zero attached hydrogens (tertiary/aromatic N) is 3. The van der Waals surface area contributed by atoms with E-state index in [0.717, 1.165) is 34.1 Å². The van der Waals surface area contributed by atoms with Crippen LogP contribution in [0.25, 0.3) is 16.4 Å². The van der Waals surface area contributed by atoms with E-state index in [-0.39, 0.29) is 11.7 Å². The molecule has 2 aromatic carbocycles. The third-order valence-corrected chi connectivity index (χ3v) is 7.17. The highest BCUT2D eigenvalue weighted by Gasteiger charge is 2.18. The van der Waals surface area contributed by atoms with Crippen LogP contribution < -0.4 is 5.32 Å². The molecule has 1 N–H and O–H groups in total. The molecule has 4 aromatic rings. The molecule has 0 unspecified atom stereocenters. The van der Waals surface area contributed by atoms with Crippen molar-refractivity contribution in [3.63, 3.8) is 0 Å². The average Bonchev–Trinajstić information content (AvgIpc) is 3.48. The summed E-state index contributed by atoms with van der Waals surface area (Å²) in [5.74, 6) is 1.37. The lowest BCUT2D eigenvalue weighted by Gasteiger charge is -2.15. The van der Waals surface area contributed by atoms with Gasteiger partial charge in [-0.05, 0) is 54.5 Å². The molecule has 2 aromatic heterocycles. The molecule has 0 aliphatic rings. The summed E-state index contributed by atoms with van der Waals surface area (Å²) in [6, 6.07) is 20.3. The molecule has 0 spiro atoms. The van der Waals surface area contributed by atoms with Gasteiger partial charge in [0.15, 0.2) is 11.0 Å². The van der Waals surface area contributed by atoms with Gasteiger partial charge in [-0.15, -0.1) is 21.5 Å². The van der Waals surface area contributed by atoms with Gasteiger partial charge in [-0.25, -0.2) is 0 Å². The zero-order chi connectivity index (χ0) is 22.5. The highest BCUT2D eigenvalue weighted by Crippen LogP contribution is 2.31. The first-order valence-electron chi connectivity index (χ1n) is 10.6. The number of hydrogen-bond acceptors (Lipinski definition) is 5. The fourth-order valence-corrected chi connectivity index (χ4v) is 4.88. The number of benzene rings is 2. The Morgan fingerprint density at radius 1 is 1.09 bits per heavy atom. The summed E-state index contributed by atoms with van der Waals surface area (Å²) < 4.78 is 2.02. The smallest absolute Gasteiger partial charge is 0.234 e. The van der Waals surface area contributed by atoms with Crippen LogP contribution in [-0.2, 0) is 4.79 Å². The van der Waals surface area contributed by atoms with Gasteiger partial charge in [0.2, 0.25) is 5.91 Å². The quantitative estimate of drug-likeness (QED) is 0.302. The number of amides is 1. The molecule has 1 amide bonds. The molecule has 164 valence electrons. The van der Waals surface area contributed by atoms with Crippen LogP contribution in [0.4, 0.5) is 5.69 Å². The van der Waals surface area contributed by atoms with Crippen LogP contribution in [0.2, 0.25) is 0 Å². The summed E-state index contributed by atoms with van der Waals surface area (Å²) >= 11 is 3.02. The Hall–Kier alpha value is -2.90. The van der Waals surface area contributed by atoms with Crippen LogP contribution in [-0.4, -0.2) is 26.4 Å². The highest BCUT2D eigenvalue weighted by molar-refractivity contribution is 7.99. The number of nitrogens with one attached hydrogen (secondary N) is 1. The SMILES string of the molecule is CC[C@@H](C)c1ccccc1NC(=O)CSc1nnc(-c2cccs2)n1-c1ccc(C)cc1. The summed E-state index contributed by atoms with van der Waals surface area (Å²) in [4.78, 5) is 13.8. The van der Waals surface area contributed by atoms with Crippen molar-refractivity contribution < 1.29 is 4.79 Å². The zero-order valence-corrected chi connectivity index (χ0v) is 20.0. The van der Waals surface area contributed by atoms with Gasteiger partial charge in [-0.2, -0.15) is 0 Å². The van der Waals surface area contributed by atoms with Crippen LogP contribution in [0.5, 0.6) is 0 Å². The second-order valence-electron chi connectivity index (χ2n) is 7.69. The Labute approximate surface area is 196 Å². The first kappa shape index (κ1) is 22.3. The Kier molecular flexibility index (Phi) is 7.07. The number of rotatable bonds is 8. The van der Waals surface area contributed by atoms with E-state index in [1.807, 2.05) is 40.3 Å². The van der Waals surface area contributed by atoms with Gasteiger partial charge in [0.05, 0.1) is 10.6 Å². The molecule has 4 rings (SSSR count). The Morgan fingerprint density at radius 2 is 1.88 bits per heavy atom. The van der Waals surface area contributed by atoms with Gasteiger partial charge in [-0.1, -0.05) is 67.6 Å². The highest BCUT2D eigenvalue weighted by atomic mass is 32.2. The van der Waals surface area contributed by atoms with Crippen LogP contribution >= 0.6 is 23.1 Å². The maximum Gasteiger partial charge on any atom is 0.234 e. The number of para-hydroxylation sites is 1. The van der Waals surface area contributed by atoms with E-state index in [1.54, 1.807) is 11.3 Å². The number of carbonyl (C=O) groups excluding carboxylic acids is 1.